The maximum absolute atomic E-state index is 5.88. The van der Waals surface area contributed by atoms with Crippen LogP contribution in [-0.4, -0.2) is 38.6 Å². The Bertz CT molecular complexity index is 592. The molecule has 2 heterocycles. The monoisotopic (exact) mass is 390 g/mol. The molecule has 2 aliphatic heterocycles. The first-order valence-electron chi connectivity index (χ1n) is 10.6. The summed E-state index contributed by atoms with van der Waals surface area (Å²) in [7, 11) is 0. The molecule has 0 saturated carbocycles. The Kier molecular flexibility index (Phi) is 8.84. The van der Waals surface area contributed by atoms with Gasteiger partial charge in [0.25, 0.3) is 0 Å². The minimum atomic E-state index is 0.0996. The molecule has 0 radical (unpaired) electrons. The molecule has 2 fully saturated rings. The van der Waals surface area contributed by atoms with Gasteiger partial charge in [0, 0.05) is 0 Å². The van der Waals surface area contributed by atoms with Crippen molar-refractivity contribution in [3.05, 3.63) is 48.0 Å². The molecule has 4 nitrogen and oxygen atoms in total. The quantitative estimate of drug-likeness (QED) is 0.239. The smallest absolute Gasteiger partial charge is 0.117 e. The first-order chi connectivity index (χ1) is 13.4. The van der Waals surface area contributed by atoms with Gasteiger partial charge in [-0.15, -0.1) is 0 Å². The van der Waals surface area contributed by atoms with Crippen LogP contribution in [-0.2, 0) is 18.9 Å². The summed E-state index contributed by atoms with van der Waals surface area (Å²) < 4.78 is 22.1. The third-order valence-electron chi connectivity index (χ3n) is 5.81. The molecule has 2 saturated heterocycles. The number of ether oxygens (including phenoxy) is 4. The molecule has 0 spiro atoms. The predicted octanol–water partition coefficient (Wildman–Crippen LogP) is 5.43. The van der Waals surface area contributed by atoms with Gasteiger partial charge in [0.2, 0.25) is 0 Å². The molecule has 0 aromatic rings. The van der Waals surface area contributed by atoms with Crippen LogP contribution in [0.4, 0.5) is 0 Å². The molecule has 0 aliphatic carbocycles. The van der Waals surface area contributed by atoms with Crippen molar-refractivity contribution in [2.45, 2.75) is 60.2 Å². The summed E-state index contributed by atoms with van der Waals surface area (Å²) >= 11 is 0. The van der Waals surface area contributed by atoms with Gasteiger partial charge in [0.15, 0.2) is 0 Å². The van der Waals surface area contributed by atoms with E-state index in [9.17, 15) is 0 Å². The second-order valence-corrected chi connectivity index (χ2v) is 8.36. The summed E-state index contributed by atoms with van der Waals surface area (Å²) in [5, 5.41) is 0. The number of hydrogen-bond donors (Lipinski definition) is 0. The number of rotatable bonds is 13. The van der Waals surface area contributed by atoms with Gasteiger partial charge in [-0.2, -0.15) is 0 Å². The van der Waals surface area contributed by atoms with Gasteiger partial charge in [-0.05, 0) is 54.9 Å². The Labute approximate surface area is 171 Å². The third-order valence-corrected chi connectivity index (χ3v) is 5.81. The average Bonchev–Trinajstić information content (AvgIpc) is 3.57. The molecule has 0 amide bonds. The first-order valence-corrected chi connectivity index (χ1v) is 10.6. The van der Waals surface area contributed by atoms with E-state index in [1.54, 1.807) is 0 Å². The van der Waals surface area contributed by atoms with Crippen LogP contribution in [0, 0.1) is 17.3 Å². The summed E-state index contributed by atoms with van der Waals surface area (Å²) in [6.07, 6.45) is 14.4. The standard InChI is InChI=1S/C24H38O4/c1-7-9-21(26-15-23-17-28-23)13-11-19(4)24(5,6)18(3)10-12-20(8-2)25-14-22-16-27-22/h8-13,18-19,22-23H,7,14-17H2,1-6H3/b12-10-,13-11-,20-8+,21-9+. The molecule has 4 unspecified atom stereocenters. The molecular weight excluding hydrogens is 352 g/mol. The fourth-order valence-corrected chi connectivity index (χ4v) is 2.70. The molecule has 0 aromatic carbocycles. The molecule has 28 heavy (non-hydrogen) atoms. The van der Waals surface area contributed by atoms with Crippen LogP contribution in [0.15, 0.2) is 48.0 Å². The average molecular weight is 391 g/mol. The topological polar surface area (TPSA) is 43.5 Å². The predicted molar refractivity (Wildman–Crippen MR) is 114 cm³/mol. The summed E-state index contributed by atoms with van der Waals surface area (Å²) in [5.74, 6) is 2.63. The van der Waals surface area contributed by atoms with Crippen molar-refractivity contribution in [1.29, 1.82) is 0 Å². The maximum atomic E-state index is 5.88. The van der Waals surface area contributed by atoms with E-state index in [4.69, 9.17) is 18.9 Å². The van der Waals surface area contributed by atoms with E-state index < -0.39 is 0 Å². The largest absolute Gasteiger partial charge is 0.491 e. The van der Waals surface area contributed by atoms with Crippen LogP contribution in [0.2, 0.25) is 0 Å². The zero-order valence-electron chi connectivity index (χ0n) is 18.4. The third kappa shape index (κ3) is 7.84. The van der Waals surface area contributed by atoms with E-state index in [1.165, 1.54) is 0 Å². The minimum absolute atomic E-state index is 0.0996. The van der Waals surface area contributed by atoms with Gasteiger partial charge in [-0.3, -0.25) is 0 Å². The zero-order chi connectivity index (χ0) is 20.6. The molecule has 2 aliphatic rings. The van der Waals surface area contributed by atoms with Crippen molar-refractivity contribution in [3.63, 3.8) is 0 Å². The summed E-state index contributed by atoms with van der Waals surface area (Å²) in [5.41, 5.74) is 0.0996. The van der Waals surface area contributed by atoms with Crippen molar-refractivity contribution in [3.8, 4) is 0 Å². The lowest BCUT2D eigenvalue weighted by Crippen LogP contribution is -2.27. The lowest BCUT2D eigenvalue weighted by molar-refractivity contribution is 0.187. The Morgan fingerprint density at radius 1 is 0.964 bits per heavy atom. The van der Waals surface area contributed by atoms with Crippen LogP contribution >= 0.6 is 0 Å². The highest BCUT2D eigenvalue weighted by atomic mass is 16.6. The molecule has 4 atom stereocenters. The molecule has 4 heteroatoms. The van der Waals surface area contributed by atoms with Crippen LogP contribution in [0.25, 0.3) is 0 Å². The SMILES string of the molecule is C/C=C(\C=C/C(C)C(C)(C)C(C)/C=C\C(=C/CC)OCC1CO1)OCC1CO1. The van der Waals surface area contributed by atoms with Crippen LogP contribution in [0.5, 0.6) is 0 Å². The number of hydrogen-bond acceptors (Lipinski definition) is 4. The van der Waals surface area contributed by atoms with Crippen molar-refractivity contribution in [2.24, 2.45) is 17.3 Å². The van der Waals surface area contributed by atoms with Gasteiger partial charge >= 0.3 is 0 Å². The van der Waals surface area contributed by atoms with Gasteiger partial charge in [0.1, 0.15) is 36.9 Å². The number of allylic oxidation sites excluding steroid dienone is 6. The second kappa shape index (κ2) is 10.9. The van der Waals surface area contributed by atoms with Gasteiger partial charge in [-0.1, -0.05) is 46.8 Å². The van der Waals surface area contributed by atoms with E-state index in [1.807, 2.05) is 13.0 Å². The zero-order valence-corrected chi connectivity index (χ0v) is 18.4. The van der Waals surface area contributed by atoms with E-state index in [2.05, 4.69) is 65.0 Å². The lowest BCUT2D eigenvalue weighted by atomic mass is 9.70. The second-order valence-electron chi connectivity index (χ2n) is 8.36. The Balaban J connectivity index is 1.89. The summed E-state index contributed by atoms with van der Waals surface area (Å²) in [6, 6.07) is 0. The highest BCUT2D eigenvalue weighted by Crippen LogP contribution is 2.37. The van der Waals surface area contributed by atoms with Crippen molar-refractivity contribution < 1.29 is 18.9 Å². The maximum Gasteiger partial charge on any atom is 0.117 e. The highest BCUT2D eigenvalue weighted by molar-refractivity contribution is 5.16. The Morgan fingerprint density at radius 2 is 1.43 bits per heavy atom. The molecule has 2 rings (SSSR count). The molecular formula is C24H38O4. The Morgan fingerprint density at radius 3 is 1.86 bits per heavy atom. The normalized spacial score (nSPS) is 25.2. The highest BCUT2D eigenvalue weighted by Gasteiger charge is 2.29. The fourth-order valence-electron chi connectivity index (χ4n) is 2.70. The molecule has 0 N–H and O–H groups in total. The summed E-state index contributed by atoms with van der Waals surface area (Å²) in [4.78, 5) is 0. The van der Waals surface area contributed by atoms with Gasteiger partial charge < -0.3 is 18.9 Å². The van der Waals surface area contributed by atoms with Crippen LogP contribution in [0.1, 0.15) is 48.0 Å². The van der Waals surface area contributed by atoms with E-state index in [0.29, 0.717) is 25.0 Å². The summed E-state index contributed by atoms with van der Waals surface area (Å²) in [6.45, 7) is 16.2. The van der Waals surface area contributed by atoms with Gasteiger partial charge in [0.05, 0.1) is 13.2 Å². The Hall–Kier alpha value is -1.52. The van der Waals surface area contributed by atoms with E-state index in [-0.39, 0.29) is 17.6 Å². The molecule has 0 aromatic heterocycles. The molecule has 0 bridgehead atoms. The first kappa shape index (κ1) is 22.8. The van der Waals surface area contributed by atoms with Gasteiger partial charge in [-0.25, -0.2) is 0 Å². The van der Waals surface area contributed by atoms with E-state index in [0.717, 1.165) is 31.2 Å². The van der Waals surface area contributed by atoms with Crippen molar-refractivity contribution >= 4 is 0 Å². The lowest BCUT2D eigenvalue weighted by Gasteiger charge is -2.35. The minimum Gasteiger partial charge on any atom is -0.491 e. The number of epoxide rings is 2. The van der Waals surface area contributed by atoms with Crippen LogP contribution in [0.3, 0.4) is 0 Å². The van der Waals surface area contributed by atoms with Crippen molar-refractivity contribution in [1.82, 2.24) is 0 Å². The van der Waals surface area contributed by atoms with Crippen molar-refractivity contribution in [2.75, 3.05) is 26.4 Å². The van der Waals surface area contributed by atoms with E-state index >= 15 is 0 Å². The fraction of sp³-hybridized carbons (Fsp3) is 0.667. The van der Waals surface area contributed by atoms with Crippen LogP contribution < -0.4 is 0 Å². The molecule has 158 valence electrons.